The van der Waals surface area contributed by atoms with E-state index < -0.39 is 9.84 Å². The molecule has 2 aromatic carbocycles. The maximum absolute atomic E-state index is 12.2. The molecule has 0 bridgehead atoms. The fraction of sp³-hybridized carbons (Fsp3) is 0.158. The maximum atomic E-state index is 12.2. The lowest BCUT2D eigenvalue weighted by Gasteiger charge is -2.06. The van der Waals surface area contributed by atoms with Crippen molar-refractivity contribution in [1.82, 2.24) is 4.98 Å². The van der Waals surface area contributed by atoms with E-state index in [0.717, 1.165) is 0 Å². The Hall–Kier alpha value is -2.91. The average Bonchev–Trinajstić information content (AvgIpc) is 3.08. The number of rotatable bonds is 7. The summed E-state index contributed by atoms with van der Waals surface area (Å²) >= 11 is 1.37. The van der Waals surface area contributed by atoms with Gasteiger partial charge < -0.3 is 15.4 Å². The van der Waals surface area contributed by atoms with Gasteiger partial charge in [0.25, 0.3) is 0 Å². The van der Waals surface area contributed by atoms with Crippen LogP contribution in [0, 0.1) is 0 Å². The van der Waals surface area contributed by atoms with Gasteiger partial charge in [0.1, 0.15) is 5.75 Å². The first-order valence-corrected chi connectivity index (χ1v) is 11.1. The Balaban J connectivity index is 1.60. The van der Waals surface area contributed by atoms with E-state index in [4.69, 9.17) is 4.74 Å². The smallest absolute Gasteiger partial charge is 0.230 e. The lowest BCUT2D eigenvalue weighted by Crippen LogP contribution is -2.14. The molecule has 0 saturated heterocycles. The Labute approximate surface area is 167 Å². The SMILES string of the molecule is COc1cccc(NC(=O)Cc2csc(Nc3ccc(S(C)(=O)=O)cc3)n2)c1. The van der Waals surface area contributed by atoms with Gasteiger partial charge in [-0.05, 0) is 36.4 Å². The maximum Gasteiger partial charge on any atom is 0.230 e. The van der Waals surface area contributed by atoms with Crippen LogP contribution in [0.15, 0.2) is 58.8 Å². The molecule has 1 amide bonds. The number of hydrogen-bond donors (Lipinski definition) is 2. The van der Waals surface area contributed by atoms with Crippen molar-refractivity contribution in [2.45, 2.75) is 11.3 Å². The summed E-state index contributed by atoms with van der Waals surface area (Å²) < 4.78 is 28.1. The van der Waals surface area contributed by atoms with Crippen molar-refractivity contribution in [2.24, 2.45) is 0 Å². The lowest BCUT2D eigenvalue weighted by molar-refractivity contribution is -0.115. The van der Waals surface area contributed by atoms with Gasteiger partial charge in [0.15, 0.2) is 15.0 Å². The second-order valence-corrected chi connectivity index (χ2v) is 8.90. The molecule has 7 nitrogen and oxygen atoms in total. The Morgan fingerprint density at radius 2 is 1.89 bits per heavy atom. The van der Waals surface area contributed by atoms with Crippen LogP contribution < -0.4 is 15.4 Å². The summed E-state index contributed by atoms with van der Waals surface area (Å²) in [6.07, 6.45) is 1.31. The van der Waals surface area contributed by atoms with Crippen molar-refractivity contribution < 1.29 is 17.9 Å². The van der Waals surface area contributed by atoms with Gasteiger partial charge in [-0.2, -0.15) is 0 Å². The quantitative estimate of drug-likeness (QED) is 0.611. The fourth-order valence-corrected chi connectivity index (χ4v) is 3.79. The number of ether oxygens (including phenoxy) is 1. The van der Waals surface area contributed by atoms with Crippen molar-refractivity contribution in [2.75, 3.05) is 24.0 Å². The molecule has 2 N–H and O–H groups in total. The van der Waals surface area contributed by atoms with Crippen LogP contribution in [0.2, 0.25) is 0 Å². The first kappa shape index (κ1) is 19.8. The number of thiazole rings is 1. The van der Waals surface area contributed by atoms with Crippen LogP contribution in [0.1, 0.15) is 5.69 Å². The van der Waals surface area contributed by atoms with E-state index >= 15 is 0 Å². The van der Waals surface area contributed by atoms with Gasteiger partial charge in [-0.1, -0.05) is 6.07 Å². The van der Waals surface area contributed by atoms with E-state index in [-0.39, 0.29) is 17.2 Å². The molecule has 0 fully saturated rings. The van der Waals surface area contributed by atoms with E-state index in [9.17, 15) is 13.2 Å². The Morgan fingerprint density at radius 1 is 1.14 bits per heavy atom. The third kappa shape index (κ3) is 5.30. The number of anilines is 3. The molecular weight excluding hydrogens is 398 g/mol. The summed E-state index contributed by atoms with van der Waals surface area (Å²) in [6, 6.07) is 13.5. The van der Waals surface area contributed by atoms with Crippen molar-refractivity contribution in [3.05, 3.63) is 59.6 Å². The molecule has 0 radical (unpaired) electrons. The standard InChI is InChI=1S/C19H19N3O4S2/c1-26-16-5-3-4-14(10-16)20-18(23)11-15-12-27-19(22-15)21-13-6-8-17(9-7-13)28(2,24)25/h3-10,12H,11H2,1-2H3,(H,20,23)(H,21,22). The highest BCUT2D eigenvalue weighted by atomic mass is 32.2. The second-order valence-electron chi connectivity index (χ2n) is 6.02. The highest BCUT2D eigenvalue weighted by Gasteiger charge is 2.10. The van der Waals surface area contributed by atoms with Gasteiger partial charge in [0, 0.05) is 29.1 Å². The first-order valence-electron chi connectivity index (χ1n) is 8.29. The molecule has 146 valence electrons. The number of methoxy groups -OCH3 is 1. The number of aromatic nitrogens is 1. The van der Waals surface area contributed by atoms with E-state index in [0.29, 0.717) is 27.9 Å². The number of hydrogen-bond acceptors (Lipinski definition) is 7. The molecule has 0 atom stereocenters. The number of sulfone groups is 1. The zero-order valence-corrected chi connectivity index (χ0v) is 16.9. The number of nitrogens with zero attached hydrogens (tertiary/aromatic N) is 1. The molecule has 0 aliphatic rings. The molecule has 3 aromatic rings. The van der Waals surface area contributed by atoms with Crippen molar-refractivity contribution >= 4 is 43.6 Å². The molecule has 1 heterocycles. The van der Waals surface area contributed by atoms with Crippen molar-refractivity contribution in [3.8, 4) is 5.75 Å². The largest absolute Gasteiger partial charge is 0.497 e. The van der Waals surface area contributed by atoms with Crippen LogP contribution in [0.25, 0.3) is 0 Å². The van der Waals surface area contributed by atoms with Crippen LogP contribution in [0.5, 0.6) is 5.75 Å². The highest BCUT2D eigenvalue weighted by Crippen LogP contribution is 2.23. The lowest BCUT2D eigenvalue weighted by atomic mass is 10.2. The van der Waals surface area contributed by atoms with Gasteiger partial charge in [-0.3, -0.25) is 4.79 Å². The fourth-order valence-electron chi connectivity index (χ4n) is 2.43. The molecule has 0 unspecified atom stereocenters. The molecule has 0 aliphatic heterocycles. The summed E-state index contributed by atoms with van der Waals surface area (Å²) in [5.41, 5.74) is 2.01. The normalized spacial score (nSPS) is 11.1. The van der Waals surface area contributed by atoms with Gasteiger partial charge in [0.05, 0.1) is 24.1 Å². The van der Waals surface area contributed by atoms with Gasteiger partial charge >= 0.3 is 0 Å². The van der Waals surface area contributed by atoms with Gasteiger partial charge in [-0.15, -0.1) is 11.3 Å². The Morgan fingerprint density at radius 3 is 2.57 bits per heavy atom. The number of benzene rings is 2. The molecule has 0 saturated carbocycles. The summed E-state index contributed by atoms with van der Waals surface area (Å²) in [5, 5.41) is 8.34. The molecule has 28 heavy (non-hydrogen) atoms. The minimum atomic E-state index is -3.23. The molecule has 1 aromatic heterocycles. The van der Waals surface area contributed by atoms with Crippen LogP contribution in [-0.4, -0.2) is 32.7 Å². The number of carbonyl (C=O) groups is 1. The van der Waals surface area contributed by atoms with Crippen LogP contribution in [0.4, 0.5) is 16.5 Å². The predicted octanol–water partition coefficient (Wildman–Crippen LogP) is 3.48. The van der Waals surface area contributed by atoms with Gasteiger partial charge in [0.2, 0.25) is 5.91 Å². The van der Waals surface area contributed by atoms with E-state index in [1.807, 2.05) is 0 Å². The minimum Gasteiger partial charge on any atom is -0.497 e. The summed E-state index contributed by atoms with van der Waals surface area (Å²) in [6.45, 7) is 0. The topological polar surface area (TPSA) is 97.4 Å². The highest BCUT2D eigenvalue weighted by molar-refractivity contribution is 7.90. The van der Waals surface area contributed by atoms with E-state index in [1.54, 1.807) is 48.9 Å². The summed E-state index contributed by atoms with van der Waals surface area (Å²) in [4.78, 5) is 16.9. The molecular formula is C19H19N3O4S2. The first-order chi connectivity index (χ1) is 13.3. The third-order valence-corrected chi connectivity index (χ3v) is 5.72. The zero-order chi connectivity index (χ0) is 20.1. The molecule has 0 spiro atoms. The molecule has 3 rings (SSSR count). The van der Waals surface area contributed by atoms with Crippen LogP contribution in [0.3, 0.4) is 0 Å². The van der Waals surface area contributed by atoms with Crippen LogP contribution in [-0.2, 0) is 21.1 Å². The minimum absolute atomic E-state index is 0.141. The number of nitrogens with one attached hydrogen (secondary N) is 2. The van der Waals surface area contributed by atoms with Gasteiger partial charge in [-0.25, -0.2) is 13.4 Å². The third-order valence-electron chi connectivity index (χ3n) is 3.78. The Bertz CT molecular complexity index is 1080. The zero-order valence-electron chi connectivity index (χ0n) is 15.3. The average molecular weight is 418 g/mol. The van der Waals surface area contributed by atoms with Crippen molar-refractivity contribution in [3.63, 3.8) is 0 Å². The summed E-state index contributed by atoms with van der Waals surface area (Å²) in [5.74, 6) is 0.488. The van der Waals surface area contributed by atoms with Crippen LogP contribution >= 0.6 is 11.3 Å². The number of amides is 1. The molecule has 0 aliphatic carbocycles. The monoisotopic (exact) mass is 417 g/mol. The van der Waals surface area contributed by atoms with E-state index in [2.05, 4.69) is 15.6 Å². The Kier molecular flexibility index (Phi) is 5.96. The second kappa shape index (κ2) is 8.41. The van der Waals surface area contributed by atoms with E-state index in [1.165, 1.54) is 29.7 Å². The molecule has 9 heteroatoms. The van der Waals surface area contributed by atoms with Crippen molar-refractivity contribution in [1.29, 1.82) is 0 Å². The predicted molar refractivity (Wildman–Crippen MR) is 110 cm³/mol. The number of carbonyl (C=O) groups excluding carboxylic acids is 1. The summed E-state index contributed by atoms with van der Waals surface area (Å²) in [7, 11) is -1.66.